The Labute approximate surface area is 213 Å². The molecule has 5 rings (SSSR count). The summed E-state index contributed by atoms with van der Waals surface area (Å²) in [5.41, 5.74) is 4.45. The highest BCUT2D eigenvalue weighted by Crippen LogP contribution is 2.39. The van der Waals surface area contributed by atoms with Crippen molar-refractivity contribution in [1.29, 1.82) is 0 Å². The minimum atomic E-state index is -3.45. The third-order valence-electron chi connectivity index (χ3n) is 5.76. The van der Waals surface area contributed by atoms with E-state index in [4.69, 9.17) is 16.3 Å². The van der Waals surface area contributed by atoms with Crippen LogP contribution in [0.5, 0.6) is 5.75 Å². The van der Waals surface area contributed by atoms with Gasteiger partial charge in [0, 0.05) is 29.0 Å². The topological polar surface area (TPSA) is 73.3 Å². The third-order valence-corrected chi connectivity index (χ3v) is 7.18. The molecule has 0 saturated carbocycles. The van der Waals surface area contributed by atoms with Crippen molar-refractivity contribution in [2.75, 3.05) is 6.26 Å². The van der Waals surface area contributed by atoms with Gasteiger partial charge in [0.25, 0.3) is 0 Å². The Balaban J connectivity index is 1.59. The van der Waals surface area contributed by atoms with Gasteiger partial charge in [0.2, 0.25) is 0 Å². The summed E-state index contributed by atoms with van der Waals surface area (Å²) in [4.78, 5) is 17.5. The average Bonchev–Trinajstić information content (AvgIpc) is 2.88. The molecular formula is C29H20ClNO4S. The number of para-hydroxylation sites is 1. The van der Waals surface area contributed by atoms with Crippen LogP contribution in [0.15, 0.2) is 108 Å². The fourth-order valence-corrected chi connectivity index (χ4v) is 4.96. The standard InChI is InChI=1S/C29H20ClNO4S/c1-36(33,34)23-13-6-11-21(17-23)29(32)35-22-12-5-10-20(16-22)27-24-14-7-15-26(30)28(24)31-18-25(27)19-8-3-2-4-9-19/h2-18H,1H3. The number of fused-ring (bicyclic) bond motifs is 1. The van der Waals surface area contributed by atoms with Crippen LogP contribution in [0.25, 0.3) is 33.2 Å². The summed E-state index contributed by atoms with van der Waals surface area (Å²) in [6.45, 7) is 0. The minimum absolute atomic E-state index is 0.0540. The van der Waals surface area contributed by atoms with E-state index in [0.29, 0.717) is 16.3 Å². The summed E-state index contributed by atoms with van der Waals surface area (Å²) in [6, 6.07) is 28.5. The fourth-order valence-electron chi connectivity index (χ4n) is 4.07. The van der Waals surface area contributed by atoms with Crippen LogP contribution in [0.2, 0.25) is 5.02 Å². The molecule has 0 amide bonds. The van der Waals surface area contributed by atoms with E-state index in [9.17, 15) is 13.2 Å². The van der Waals surface area contributed by atoms with Gasteiger partial charge in [-0.05, 0) is 47.5 Å². The molecule has 0 unspecified atom stereocenters. The smallest absolute Gasteiger partial charge is 0.343 e. The second kappa shape index (κ2) is 9.57. The van der Waals surface area contributed by atoms with Gasteiger partial charge in [0.1, 0.15) is 5.75 Å². The molecule has 0 radical (unpaired) electrons. The summed E-state index contributed by atoms with van der Waals surface area (Å²) in [6.07, 6.45) is 2.89. The first-order chi connectivity index (χ1) is 17.3. The SMILES string of the molecule is CS(=O)(=O)c1cccc(C(=O)Oc2cccc(-c3c(-c4ccccc4)cnc4c(Cl)cccc34)c2)c1. The average molecular weight is 514 g/mol. The van der Waals surface area contributed by atoms with Crippen LogP contribution in [0.1, 0.15) is 10.4 Å². The first-order valence-corrected chi connectivity index (χ1v) is 13.3. The first kappa shape index (κ1) is 23.7. The molecule has 0 aliphatic heterocycles. The number of rotatable bonds is 5. The zero-order valence-electron chi connectivity index (χ0n) is 19.2. The molecule has 0 saturated heterocycles. The van der Waals surface area contributed by atoms with Crippen LogP contribution in [0, 0.1) is 0 Å². The number of nitrogens with zero attached hydrogens (tertiary/aromatic N) is 1. The number of carbonyl (C=O) groups is 1. The number of pyridine rings is 1. The molecular weight excluding hydrogens is 494 g/mol. The second-order valence-corrected chi connectivity index (χ2v) is 10.7. The molecule has 36 heavy (non-hydrogen) atoms. The highest BCUT2D eigenvalue weighted by atomic mass is 35.5. The van der Waals surface area contributed by atoms with Gasteiger partial charge in [0.05, 0.1) is 21.0 Å². The van der Waals surface area contributed by atoms with Gasteiger partial charge in [-0.2, -0.15) is 0 Å². The van der Waals surface area contributed by atoms with Gasteiger partial charge < -0.3 is 4.74 Å². The molecule has 0 N–H and O–H groups in total. The largest absolute Gasteiger partial charge is 0.423 e. The van der Waals surface area contributed by atoms with Crippen molar-refractivity contribution in [3.8, 4) is 28.0 Å². The Hall–Kier alpha value is -4.00. The van der Waals surface area contributed by atoms with Crippen molar-refractivity contribution in [3.05, 3.63) is 114 Å². The Bertz CT molecular complexity index is 1720. The molecule has 0 aliphatic carbocycles. The maximum Gasteiger partial charge on any atom is 0.343 e. The van der Waals surface area contributed by atoms with E-state index in [0.717, 1.165) is 33.9 Å². The minimum Gasteiger partial charge on any atom is -0.423 e. The molecule has 178 valence electrons. The van der Waals surface area contributed by atoms with Gasteiger partial charge in [-0.3, -0.25) is 4.98 Å². The quantitative estimate of drug-likeness (QED) is 0.190. The predicted octanol–water partition coefficient (Wildman–Crippen LogP) is 6.84. The molecule has 5 nitrogen and oxygen atoms in total. The molecule has 7 heteroatoms. The van der Waals surface area contributed by atoms with E-state index in [2.05, 4.69) is 4.98 Å². The van der Waals surface area contributed by atoms with Gasteiger partial charge in [-0.15, -0.1) is 0 Å². The molecule has 4 aromatic carbocycles. The van der Waals surface area contributed by atoms with E-state index in [-0.39, 0.29) is 10.5 Å². The maximum absolute atomic E-state index is 12.8. The highest BCUT2D eigenvalue weighted by Gasteiger charge is 2.17. The van der Waals surface area contributed by atoms with Gasteiger partial charge in [0.15, 0.2) is 9.84 Å². The second-order valence-electron chi connectivity index (χ2n) is 8.27. The van der Waals surface area contributed by atoms with Gasteiger partial charge in [-0.1, -0.05) is 72.3 Å². The third kappa shape index (κ3) is 4.73. The number of carbonyl (C=O) groups excluding carboxylic acids is 1. The van der Waals surface area contributed by atoms with Crippen molar-refractivity contribution >= 4 is 38.3 Å². The monoisotopic (exact) mass is 513 g/mol. The zero-order chi connectivity index (χ0) is 25.3. The van der Waals surface area contributed by atoms with E-state index in [1.165, 1.54) is 24.3 Å². The van der Waals surface area contributed by atoms with E-state index in [1.807, 2.05) is 48.5 Å². The predicted molar refractivity (Wildman–Crippen MR) is 142 cm³/mol. The van der Waals surface area contributed by atoms with Crippen molar-refractivity contribution in [1.82, 2.24) is 4.98 Å². The number of halogens is 1. The van der Waals surface area contributed by atoms with Crippen molar-refractivity contribution < 1.29 is 17.9 Å². The lowest BCUT2D eigenvalue weighted by Crippen LogP contribution is -2.09. The summed E-state index contributed by atoms with van der Waals surface area (Å²) in [5.74, 6) is -0.322. The first-order valence-electron chi connectivity index (χ1n) is 11.1. The molecule has 1 heterocycles. The summed E-state index contributed by atoms with van der Waals surface area (Å²) in [7, 11) is -3.45. The summed E-state index contributed by atoms with van der Waals surface area (Å²) < 4.78 is 29.4. The highest BCUT2D eigenvalue weighted by molar-refractivity contribution is 7.90. The Morgan fingerprint density at radius 1 is 0.833 bits per heavy atom. The summed E-state index contributed by atoms with van der Waals surface area (Å²) >= 11 is 6.45. The van der Waals surface area contributed by atoms with Crippen LogP contribution in [0.4, 0.5) is 0 Å². The number of hydrogen-bond acceptors (Lipinski definition) is 5. The summed E-state index contributed by atoms with van der Waals surface area (Å²) in [5, 5.41) is 1.41. The van der Waals surface area contributed by atoms with Gasteiger partial charge >= 0.3 is 5.97 Å². The lowest BCUT2D eigenvalue weighted by Gasteiger charge is -2.15. The van der Waals surface area contributed by atoms with E-state index < -0.39 is 15.8 Å². The number of sulfone groups is 1. The Kier molecular flexibility index (Phi) is 6.31. The molecule has 0 spiro atoms. The van der Waals surface area contributed by atoms with Crippen molar-refractivity contribution in [2.24, 2.45) is 0 Å². The fraction of sp³-hybridized carbons (Fsp3) is 0.0345. The number of aromatic nitrogens is 1. The van der Waals surface area contributed by atoms with Crippen molar-refractivity contribution in [2.45, 2.75) is 4.90 Å². The van der Waals surface area contributed by atoms with Crippen LogP contribution >= 0.6 is 11.6 Å². The number of hydrogen-bond donors (Lipinski definition) is 0. The van der Waals surface area contributed by atoms with Gasteiger partial charge in [-0.25, -0.2) is 13.2 Å². The van der Waals surface area contributed by atoms with Crippen LogP contribution in [0.3, 0.4) is 0 Å². The molecule has 1 aromatic heterocycles. The maximum atomic E-state index is 12.8. The number of ether oxygens (including phenoxy) is 1. The normalized spacial score (nSPS) is 11.4. The molecule has 0 aliphatic rings. The van der Waals surface area contributed by atoms with Crippen LogP contribution < -0.4 is 4.74 Å². The lowest BCUT2D eigenvalue weighted by atomic mass is 9.92. The van der Waals surface area contributed by atoms with E-state index >= 15 is 0 Å². The molecule has 0 atom stereocenters. The zero-order valence-corrected chi connectivity index (χ0v) is 20.8. The lowest BCUT2D eigenvalue weighted by molar-refractivity contribution is 0.0734. The molecule has 0 fully saturated rings. The van der Waals surface area contributed by atoms with Crippen molar-refractivity contribution in [3.63, 3.8) is 0 Å². The number of esters is 1. The van der Waals surface area contributed by atoms with E-state index in [1.54, 1.807) is 30.5 Å². The Morgan fingerprint density at radius 3 is 2.33 bits per heavy atom. The molecule has 0 bridgehead atoms. The van der Waals surface area contributed by atoms with Crippen LogP contribution in [-0.2, 0) is 9.84 Å². The number of benzene rings is 4. The Morgan fingerprint density at radius 2 is 1.56 bits per heavy atom. The molecule has 5 aromatic rings. The van der Waals surface area contributed by atoms with Crippen LogP contribution in [-0.4, -0.2) is 25.6 Å².